The number of anilines is 1. The number of nitrogens with one attached hydrogen (secondary N) is 1. The van der Waals surface area contributed by atoms with E-state index in [1.807, 2.05) is 36.4 Å². The highest BCUT2D eigenvalue weighted by atomic mass is 16.5. The summed E-state index contributed by atoms with van der Waals surface area (Å²) in [6, 6.07) is 14.1. The summed E-state index contributed by atoms with van der Waals surface area (Å²) in [5, 5.41) is 10.4. The van der Waals surface area contributed by atoms with Crippen LogP contribution in [-0.4, -0.2) is 40.1 Å². The SMILES string of the molecule is [c]1nn[nH]c1-c1ccccc1N1CCOC(c2ccccn2)C1. The molecule has 1 N–H and O–H groups in total. The molecule has 23 heavy (non-hydrogen) atoms. The van der Waals surface area contributed by atoms with E-state index >= 15 is 0 Å². The van der Waals surface area contributed by atoms with Gasteiger partial charge in [-0.25, -0.2) is 0 Å². The van der Waals surface area contributed by atoms with Gasteiger partial charge in [0.05, 0.1) is 18.0 Å². The second-order valence-corrected chi connectivity index (χ2v) is 5.38. The summed E-state index contributed by atoms with van der Waals surface area (Å²) in [6.07, 6.45) is 4.67. The van der Waals surface area contributed by atoms with Crippen LogP contribution in [0.2, 0.25) is 0 Å². The lowest BCUT2D eigenvalue weighted by molar-refractivity contribution is 0.0371. The molecule has 115 valence electrons. The first kappa shape index (κ1) is 13.9. The minimum absolute atomic E-state index is 0.0260. The van der Waals surface area contributed by atoms with E-state index in [-0.39, 0.29) is 6.10 Å². The maximum absolute atomic E-state index is 5.90. The van der Waals surface area contributed by atoms with Crippen molar-refractivity contribution in [3.63, 3.8) is 0 Å². The molecule has 1 atom stereocenters. The van der Waals surface area contributed by atoms with Crippen LogP contribution in [0, 0.1) is 6.20 Å². The predicted molar refractivity (Wildman–Crippen MR) is 85.8 cm³/mol. The van der Waals surface area contributed by atoms with Crippen molar-refractivity contribution in [1.29, 1.82) is 0 Å². The molecule has 0 saturated carbocycles. The number of rotatable bonds is 3. The minimum atomic E-state index is -0.0260. The average molecular weight is 306 g/mol. The van der Waals surface area contributed by atoms with E-state index in [4.69, 9.17) is 4.74 Å². The van der Waals surface area contributed by atoms with E-state index in [2.05, 4.69) is 37.6 Å². The van der Waals surface area contributed by atoms with Gasteiger partial charge in [-0.1, -0.05) is 29.5 Å². The van der Waals surface area contributed by atoms with Gasteiger partial charge in [-0.15, -0.1) is 5.10 Å². The minimum Gasteiger partial charge on any atom is -0.368 e. The molecule has 3 aromatic rings. The van der Waals surface area contributed by atoms with Crippen molar-refractivity contribution in [2.24, 2.45) is 0 Å². The zero-order valence-electron chi connectivity index (χ0n) is 12.5. The van der Waals surface area contributed by atoms with Gasteiger partial charge in [-0.2, -0.15) is 0 Å². The van der Waals surface area contributed by atoms with Gasteiger partial charge in [-0.05, 0) is 18.2 Å². The van der Waals surface area contributed by atoms with Gasteiger partial charge in [0.2, 0.25) is 0 Å². The number of aromatic amines is 1. The molecule has 1 aliphatic rings. The third-order valence-electron chi connectivity index (χ3n) is 3.97. The number of morpholine rings is 1. The van der Waals surface area contributed by atoms with Crippen molar-refractivity contribution < 1.29 is 4.74 Å². The normalized spacial score (nSPS) is 18.1. The quantitative estimate of drug-likeness (QED) is 0.804. The Kier molecular flexibility index (Phi) is 3.73. The van der Waals surface area contributed by atoms with Crippen LogP contribution in [0.25, 0.3) is 11.3 Å². The summed E-state index contributed by atoms with van der Waals surface area (Å²) in [4.78, 5) is 6.73. The molecule has 1 aromatic carbocycles. The Hall–Kier alpha value is -2.73. The van der Waals surface area contributed by atoms with Crippen molar-refractivity contribution in [1.82, 2.24) is 20.4 Å². The lowest BCUT2D eigenvalue weighted by atomic mass is 10.1. The Labute approximate surface area is 134 Å². The van der Waals surface area contributed by atoms with Crippen molar-refractivity contribution in [2.45, 2.75) is 6.10 Å². The highest BCUT2D eigenvalue weighted by molar-refractivity contribution is 5.75. The van der Waals surface area contributed by atoms with Gasteiger partial charge in [0.15, 0.2) is 0 Å². The van der Waals surface area contributed by atoms with Gasteiger partial charge in [-0.3, -0.25) is 10.1 Å². The standard InChI is InChI=1S/C17H16N5O/c1-2-7-16(13(5-1)15-11-19-21-20-15)22-9-10-23-17(12-22)14-6-3-4-8-18-14/h1-8,17H,9-10,12H2,(H,19,20,21). The second-order valence-electron chi connectivity index (χ2n) is 5.38. The fourth-order valence-electron chi connectivity index (χ4n) is 2.87. The molecular formula is C17H16N5O. The van der Waals surface area contributed by atoms with Gasteiger partial charge >= 0.3 is 0 Å². The summed E-state index contributed by atoms with van der Waals surface area (Å²) in [5.74, 6) is 0. The number of hydrogen-bond donors (Lipinski definition) is 1. The van der Waals surface area contributed by atoms with Gasteiger partial charge in [0, 0.05) is 30.5 Å². The Morgan fingerprint density at radius 2 is 2.09 bits per heavy atom. The fourth-order valence-corrected chi connectivity index (χ4v) is 2.87. The first-order chi connectivity index (χ1) is 11.4. The van der Waals surface area contributed by atoms with Gasteiger partial charge in [0.1, 0.15) is 12.3 Å². The molecule has 6 heteroatoms. The van der Waals surface area contributed by atoms with Crippen molar-refractivity contribution in [3.8, 4) is 11.3 Å². The summed E-state index contributed by atoms with van der Waals surface area (Å²) in [5.41, 5.74) is 3.92. The number of hydrogen-bond acceptors (Lipinski definition) is 5. The number of pyridine rings is 1. The van der Waals surface area contributed by atoms with Crippen molar-refractivity contribution >= 4 is 5.69 Å². The third-order valence-corrected chi connectivity index (χ3v) is 3.97. The number of para-hydroxylation sites is 1. The summed E-state index contributed by atoms with van der Waals surface area (Å²) >= 11 is 0. The van der Waals surface area contributed by atoms with E-state index < -0.39 is 0 Å². The largest absolute Gasteiger partial charge is 0.368 e. The highest BCUT2D eigenvalue weighted by Gasteiger charge is 2.24. The smallest absolute Gasteiger partial charge is 0.143 e. The van der Waals surface area contributed by atoms with E-state index in [1.165, 1.54) is 0 Å². The van der Waals surface area contributed by atoms with Crippen LogP contribution in [0.3, 0.4) is 0 Å². The van der Waals surface area contributed by atoms with Crippen LogP contribution in [0.4, 0.5) is 5.69 Å². The maximum Gasteiger partial charge on any atom is 0.143 e. The molecule has 1 radical (unpaired) electrons. The first-order valence-electron chi connectivity index (χ1n) is 7.57. The van der Waals surface area contributed by atoms with Crippen LogP contribution in [-0.2, 0) is 4.74 Å². The molecule has 2 aromatic heterocycles. The summed E-state index contributed by atoms with van der Waals surface area (Å²) < 4.78 is 5.90. The van der Waals surface area contributed by atoms with Crippen molar-refractivity contribution in [2.75, 3.05) is 24.6 Å². The predicted octanol–water partition coefficient (Wildman–Crippen LogP) is 2.24. The molecule has 0 spiro atoms. The lowest BCUT2D eigenvalue weighted by Gasteiger charge is -2.35. The zero-order chi connectivity index (χ0) is 15.5. The first-order valence-corrected chi connectivity index (χ1v) is 7.57. The van der Waals surface area contributed by atoms with Crippen LogP contribution >= 0.6 is 0 Å². The topological polar surface area (TPSA) is 66.9 Å². The molecule has 3 heterocycles. The zero-order valence-corrected chi connectivity index (χ0v) is 12.5. The van der Waals surface area contributed by atoms with E-state index in [1.54, 1.807) is 6.20 Å². The lowest BCUT2D eigenvalue weighted by Crippen LogP contribution is -2.38. The second kappa shape index (κ2) is 6.18. The van der Waals surface area contributed by atoms with Gasteiger partial charge in [0.25, 0.3) is 0 Å². The molecule has 0 bridgehead atoms. The maximum atomic E-state index is 5.90. The Balaban J connectivity index is 1.64. The molecule has 6 nitrogen and oxygen atoms in total. The van der Waals surface area contributed by atoms with Crippen LogP contribution in [0.5, 0.6) is 0 Å². The number of aromatic nitrogens is 4. The van der Waals surface area contributed by atoms with Crippen LogP contribution in [0.15, 0.2) is 48.7 Å². The molecule has 4 rings (SSSR count). The molecule has 0 amide bonds. The Bertz CT molecular complexity index is 760. The van der Waals surface area contributed by atoms with E-state index in [9.17, 15) is 0 Å². The molecule has 1 saturated heterocycles. The monoisotopic (exact) mass is 306 g/mol. The number of nitrogens with zero attached hydrogens (tertiary/aromatic N) is 4. The Morgan fingerprint density at radius 1 is 1.17 bits per heavy atom. The van der Waals surface area contributed by atoms with E-state index in [0.29, 0.717) is 6.61 Å². The fraction of sp³-hybridized carbons (Fsp3) is 0.235. The number of ether oxygens (including phenoxy) is 1. The Morgan fingerprint density at radius 3 is 2.91 bits per heavy atom. The van der Waals surface area contributed by atoms with Crippen LogP contribution < -0.4 is 4.90 Å². The molecule has 1 fully saturated rings. The molecule has 1 aliphatic heterocycles. The average Bonchev–Trinajstić information content (AvgIpc) is 3.17. The summed E-state index contributed by atoms with van der Waals surface area (Å²) in [6.45, 7) is 2.26. The summed E-state index contributed by atoms with van der Waals surface area (Å²) in [7, 11) is 0. The van der Waals surface area contributed by atoms with Gasteiger partial charge < -0.3 is 9.64 Å². The molecular weight excluding hydrogens is 290 g/mol. The third kappa shape index (κ3) is 2.80. The molecule has 1 unspecified atom stereocenters. The molecule has 0 aliphatic carbocycles. The van der Waals surface area contributed by atoms with E-state index in [0.717, 1.165) is 35.7 Å². The highest BCUT2D eigenvalue weighted by Crippen LogP contribution is 2.32. The number of H-pyrrole nitrogens is 1. The number of benzene rings is 1. The van der Waals surface area contributed by atoms with Crippen LogP contribution in [0.1, 0.15) is 11.8 Å². The van der Waals surface area contributed by atoms with Crippen molar-refractivity contribution in [3.05, 3.63) is 60.6 Å².